The summed E-state index contributed by atoms with van der Waals surface area (Å²) in [5.74, 6) is 0. The highest BCUT2D eigenvalue weighted by atomic mass is 32.1. The fourth-order valence-corrected chi connectivity index (χ4v) is 8.67. The molecule has 10 rings (SSSR count). The molecule has 10 aromatic rings. The van der Waals surface area contributed by atoms with Crippen molar-refractivity contribution in [3.8, 4) is 33.4 Å². The van der Waals surface area contributed by atoms with E-state index < -0.39 is 0 Å². The zero-order valence-corrected chi connectivity index (χ0v) is 28.5. The molecule has 0 saturated carbocycles. The minimum Gasteiger partial charge on any atom is -0.456 e. The summed E-state index contributed by atoms with van der Waals surface area (Å²) in [7, 11) is 0. The standard InChI is InChI=1S/C48H31NOS/c1-2-12-34(13-3-1)37-14-4-5-15-38(37)35-26-24-32(25-27-35)33-28-30-36(31-29-33)49(41-18-10-21-44-47(41)39-16-6-8-20-43(39)50-44)42-19-11-23-46-48(42)40-17-7-9-22-45(40)51-46/h1-31H. The van der Waals surface area contributed by atoms with Crippen molar-refractivity contribution in [3.05, 3.63) is 188 Å². The number of hydrogen-bond donors (Lipinski definition) is 0. The first-order chi connectivity index (χ1) is 25.3. The third-order valence-electron chi connectivity index (χ3n) is 9.91. The van der Waals surface area contributed by atoms with Crippen LogP contribution in [0.4, 0.5) is 17.1 Å². The van der Waals surface area contributed by atoms with Gasteiger partial charge in [0.1, 0.15) is 11.2 Å². The normalized spacial score (nSPS) is 11.5. The van der Waals surface area contributed by atoms with Crippen LogP contribution < -0.4 is 4.90 Å². The maximum Gasteiger partial charge on any atom is 0.137 e. The molecule has 0 unspecified atom stereocenters. The third-order valence-corrected chi connectivity index (χ3v) is 11.0. The summed E-state index contributed by atoms with van der Waals surface area (Å²) in [6.07, 6.45) is 0. The molecule has 0 fully saturated rings. The summed E-state index contributed by atoms with van der Waals surface area (Å²) in [5.41, 5.74) is 12.4. The van der Waals surface area contributed by atoms with E-state index in [4.69, 9.17) is 4.42 Å². The Morgan fingerprint density at radius 3 is 1.65 bits per heavy atom. The van der Waals surface area contributed by atoms with Crippen molar-refractivity contribution in [2.24, 2.45) is 0 Å². The van der Waals surface area contributed by atoms with Crippen molar-refractivity contribution >= 4 is 70.5 Å². The predicted octanol–water partition coefficient (Wildman–Crippen LogP) is 14.4. The third kappa shape index (κ3) is 5.01. The predicted molar refractivity (Wildman–Crippen MR) is 218 cm³/mol. The number of fused-ring (bicyclic) bond motifs is 6. The van der Waals surface area contributed by atoms with Crippen LogP contribution in [0, 0.1) is 0 Å². The summed E-state index contributed by atoms with van der Waals surface area (Å²) in [4.78, 5) is 2.42. The molecule has 0 spiro atoms. The summed E-state index contributed by atoms with van der Waals surface area (Å²) < 4.78 is 8.94. The SMILES string of the molecule is c1ccc(-c2ccccc2-c2ccc(-c3ccc(N(c4cccc5oc6ccccc6c45)c4cccc5sc6ccccc6c45)cc3)cc2)cc1. The van der Waals surface area contributed by atoms with E-state index in [9.17, 15) is 0 Å². The van der Waals surface area contributed by atoms with Gasteiger partial charge in [0.15, 0.2) is 0 Å². The van der Waals surface area contributed by atoms with E-state index in [1.807, 2.05) is 17.4 Å². The second-order valence-electron chi connectivity index (χ2n) is 12.9. The van der Waals surface area contributed by atoms with Gasteiger partial charge in [0.2, 0.25) is 0 Å². The molecular formula is C48H31NOS. The average molecular weight is 670 g/mol. The molecule has 0 saturated heterocycles. The van der Waals surface area contributed by atoms with Gasteiger partial charge >= 0.3 is 0 Å². The Balaban J connectivity index is 1.10. The van der Waals surface area contributed by atoms with E-state index in [1.165, 1.54) is 53.6 Å². The highest BCUT2D eigenvalue weighted by Gasteiger charge is 2.22. The maximum absolute atomic E-state index is 6.38. The lowest BCUT2D eigenvalue weighted by molar-refractivity contribution is 0.669. The fraction of sp³-hybridized carbons (Fsp3) is 0. The minimum absolute atomic E-state index is 0.881. The van der Waals surface area contributed by atoms with Crippen LogP contribution in [-0.2, 0) is 0 Å². The van der Waals surface area contributed by atoms with Crippen LogP contribution in [-0.4, -0.2) is 0 Å². The summed E-state index contributed by atoms with van der Waals surface area (Å²) in [6.45, 7) is 0. The molecule has 0 atom stereocenters. The van der Waals surface area contributed by atoms with Gasteiger partial charge in [-0.05, 0) is 81.9 Å². The van der Waals surface area contributed by atoms with Gasteiger partial charge in [0, 0.05) is 31.2 Å². The van der Waals surface area contributed by atoms with Crippen LogP contribution in [0.5, 0.6) is 0 Å². The number of anilines is 3. The Bertz CT molecular complexity index is 2730. The smallest absolute Gasteiger partial charge is 0.137 e. The Morgan fingerprint density at radius 2 is 0.882 bits per heavy atom. The quantitative estimate of drug-likeness (QED) is 0.175. The molecule has 8 aromatic carbocycles. The number of para-hydroxylation sites is 1. The van der Waals surface area contributed by atoms with Gasteiger partial charge < -0.3 is 9.32 Å². The zero-order chi connectivity index (χ0) is 33.7. The minimum atomic E-state index is 0.881. The second kappa shape index (κ2) is 12.2. The molecule has 0 aliphatic heterocycles. The lowest BCUT2D eigenvalue weighted by Crippen LogP contribution is -2.10. The first-order valence-electron chi connectivity index (χ1n) is 17.3. The lowest BCUT2D eigenvalue weighted by atomic mass is 9.93. The van der Waals surface area contributed by atoms with Gasteiger partial charge in [-0.2, -0.15) is 0 Å². The van der Waals surface area contributed by atoms with E-state index in [0.717, 1.165) is 39.0 Å². The van der Waals surface area contributed by atoms with Crippen LogP contribution in [0.25, 0.3) is 75.5 Å². The number of rotatable bonds is 6. The lowest BCUT2D eigenvalue weighted by Gasteiger charge is -2.27. The van der Waals surface area contributed by atoms with Gasteiger partial charge in [-0.3, -0.25) is 0 Å². The summed E-state index contributed by atoms with van der Waals surface area (Å²) in [5, 5.41) is 4.76. The molecule has 2 heterocycles. The van der Waals surface area contributed by atoms with Crippen molar-refractivity contribution in [3.63, 3.8) is 0 Å². The van der Waals surface area contributed by atoms with Gasteiger partial charge in [-0.25, -0.2) is 0 Å². The van der Waals surface area contributed by atoms with Crippen LogP contribution in [0.2, 0.25) is 0 Å². The molecule has 2 nitrogen and oxygen atoms in total. The highest BCUT2D eigenvalue weighted by molar-refractivity contribution is 7.26. The number of nitrogens with zero attached hydrogens (tertiary/aromatic N) is 1. The Labute approximate surface area is 300 Å². The molecule has 3 heteroatoms. The highest BCUT2D eigenvalue weighted by Crippen LogP contribution is 2.48. The molecule has 0 aliphatic rings. The van der Waals surface area contributed by atoms with Crippen LogP contribution in [0.1, 0.15) is 0 Å². The Morgan fingerprint density at radius 1 is 0.353 bits per heavy atom. The molecule has 0 N–H and O–H groups in total. The van der Waals surface area contributed by atoms with Crippen LogP contribution >= 0.6 is 11.3 Å². The van der Waals surface area contributed by atoms with Crippen molar-refractivity contribution in [2.75, 3.05) is 4.90 Å². The molecule has 240 valence electrons. The van der Waals surface area contributed by atoms with Gasteiger partial charge in [0.25, 0.3) is 0 Å². The summed E-state index contributed by atoms with van der Waals surface area (Å²) in [6, 6.07) is 67.3. The number of furan rings is 1. The van der Waals surface area contributed by atoms with Crippen LogP contribution in [0.3, 0.4) is 0 Å². The monoisotopic (exact) mass is 669 g/mol. The Hall–Kier alpha value is -6.42. The second-order valence-corrected chi connectivity index (χ2v) is 14.0. The molecular weight excluding hydrogens is 639 g/mol. The molecule has 2 aromatic heterocycles. The van der Waals surface area contributed by atoms with Gasteiger partial charge in [0.05, 0.1) is 16.8 Å². The number of benzene rings is 8. The largest absolute Gasteiger partial charge is 0.456 e. The van der Waals surface area contributed by atoms with Crippen molar-refractivity contribution in [1.29, 1.82) is 0 Å². The van der Waals surface area contributed by atoms with Crippen molar-refractivity contribution in [2.45, 2.75) is 0 Å². The van der Waals surface area contributed by atoms with Gasteiger partial charge in [-0.1, -0.05) is 140 Å². The topological polar surface area (TPSA) is 16.4 Å². The molecule has 0 aliphatic carbocycles. The first-order valence-corrected chi connectivity index (χ1v) is 18.1. The van der Waals surface area contributed by atoms with Crippen molar-refractivity contribution in [1.82, 2.24) is 0 Å². The molecule has 0 bridgehead atoms. The van der Waals surface area contributed by atoms with Crippen LogP contribution in [0.15, 0.2) is 192 Å². The van der Waals surface area contributed by atoms with E-state index in [1.54, 1.807) is 0 Å². The first kappa shape index (κ1) is 29.5. The van der Waals surface area contributed by atoms with Crippen molar-refractivity contribution < 1.29 is 4.42 Å². The number of thiophene rings is 1. The number of hydrogen-bond acceptors (Lipinski definition) is 3. The summed E-state index contributed by atoms with van der Waals surface area (Å²) >= 11 is 1.84. The van der Waals surface area contributed by atoms with Gasteiger partial charge in [-0.15, -0.1) is 11.3 Å². The Kier molecular flexibility index (Phi) is 7.04. The molecule has 0 amide bonds. The van der Waals surface area contributed by atoms with E-state index in [2.05, 4.69) is 187 Å². The zero-order valence-electron chi connectivity index (χ0n) is 27.7. The maximum atomic E-state index is 6.38. The average Bonchev–Trinajstić information content (AvgIpc) is 3.78. The van der Waals surface area contributed by atoms with E-state index in [0.29, 0.717) is 0 Å². The fourth-order valence-electron chi connectivity index (χ4n) is 7.54. The molecule has 0 radical (unpaired) electrons. The van der Waals surface area contributed by atoms with E-state index >= 15 is 0 Å². The van der Waals surface area contributed by atoms with E-state index in [-0.39, 0.29) is 0 Å². The molecule has 51 heavy (non-hydrogen) atoms.